The summed E-state index contributed by atoms with van der Waals surface area (Å²) in [7, 11) is 0. The Morgan fingerprint density at radius 3 is 2.65 bits per heavy atom. The number of nitrogens with two attached hydrogens (primary N) is 1. The molecule has 0 saturated heterocycles. The van der Waals surface area contributed by atoms with Gasteiger partial charge in [0.25, 0.3) is 0 Å². The first-order chi connectivity index (χ1) is 8.18. The highest BCUT2D eigenvalue weighted by molar-refractivity contribution is 5.38. The van der Waals surface area contributed by atoms with Crippen LogP contribution in [0.25, 0.3) is 0 Å². The van der Waals surface area contributed by atoms with Crippen LogP contribution >= 0.6 is 0 Å². The van der Waals surface area contributed by atoms with Crippen LogP contribution in [-0.4, -0.2) is 4.98 Å². The van der Waals surface area contributed by atoms with Crippen molar-refractivity contribution < 1.29 is 4.74 Å². The minimum absolute atomic E-state index is 0.0947. The molecule has 2 aromatic rings. The fourth-order valence-electron chi connectivity index (χ4n) is 1.61. The molecule has 17 heavy (non-hydrogen) atoms. The Hall–Kier alpha value is -1.87. The zero-order chi connectivity index (χ0) is 12.3. The summed E-state index contributed by atoms with van der Waals surface area (Å²) in [6, 6.07) is 11.6. The lowest BCUT2D eigenvalue weighted by atomic mass is 10.1. The summed E-state index contributed by atoms with van der Waals surface area (Å²) in [5, 5.41) is 0. The monoisotopic (exact) mass is 228 g/mol. The predicted octanol–water partition coefficient (Wildman–Crippen LogP) is 3.20. The number of benzene rings is 1. The van der Waals surface area contributed by atoms with Gasteiger partial charge in [0.1, 0.15) is 5.75 Å². The van der Waals surface area contributed by atoms with Crippen molar-refractivity contribution in [3.05, 3.63) is 53.7 Å². The Kier molecular flexibility index (Phi) is 3.40. The van der Waals surface area contributed by atoms with Gasteiger partial charge in [0.05, 0.1) is 0 Å². The number of rotatable bonds is 3. The molecule has 1 aromatic carbocycles. The number of aryl methyl sites for hydroxylation is 1. The molecule has 0 unspecified atom stereocenters. The van der Waals surface area contributed by atoms with E-state index in [-0.39, 0.29) is 6.04 Å². The van der Waals surface area contributed by atoms with E-state index in [4.69, 9.17) is 10.5 Å². The van der Waals surface area contributed by atoms with Crippen LogP contribution in [0.1, 0.15) is 24.1 Å². The van der Waals surface area contributed by atoms with Crippen molar-refractivity contribution in [1.29, 1.82) is 0 Å². The SMILES string of the molecule is Cc1ccccc1Oc1ncccc1[C@@H](C)N. The smallest absolute Gasteiger partial charge is 0.223 e. The van der Waals surface area contributed by atoms with Gasteiger partial charge in [0, 0.05) is 17.8 Å². The Bertz CT molecular complexity index is 509. The fraction of sp³-hybridized carbons (Fsp3) is 0.214. The molecule has 2 N–H and O–H groups in total. The molecule has 0 aliphatic carbocycles. The van der Waals surface area contributed by atoms with Crippen LogP contribution < -0.4 is 10.5 Å². The maximum atomic E-state index is 5.89. The average molecular weight is 228 g/mol. The van der Waals surface area contributed by atoms with Gasteiger partial charge in [-0.05, 0) is 31.5 Å². The molecule has 0 bridgehead atoms. The number of hydrogen-bond donors (Lipinski definition) is 1. The summed E-state index contributed by atoms with van der Waals surface area (Å²) in [4.78, 5) is 4.23. The van der Waals surface area contributed by atoms with E-state index < -0.39 is 0 Å². The summed E-state index contributed by atoms with van der Waals surface area (Å²) >= 11 is 0. The van der Waals surface area contributed by atoms with Crippen LogP contribution in [0.3, 0.4) is 0 Å². The van der Waals surface area contributed by atoms with Gasteiger partial charge in [-0.15, -0.1) is 0 Å². The van der Waals surface area contributed by atoms with Gasteiger partial charge in [0.2, 0.25) is 5.88 Å². The third-order valence-electron chi connectivity index (χ3n) is 2.59. The first kappa shape index (κ1) is 11.6. The van der Waals surface area contributed by atoms with E-state index in [1.807, 2.05) is 50.2 Å². The molecule has 0 aliphatic rings. The Morgan fingerprint density at radius 1 is 1.18 bits per heavy atom. The highest BCUT2D eigenvalue weighted by Gasteiger charge is 2.10. The summed E-state index contributed by atoms with van der Waals surface area (Å²) < 4.78 is 5.81. The van der Waals surface area contributed by atoms with E-state index in [9.17, 15) is 0 Å². The molecule has 1 atom stereocenters. The van der Waals surface area contributed by atoms with Crippen molar-refractivity contribution in [3.8, 4) is 11.6 Å². The Balaban J connectivity index is 2.34. The number of aromatic nitrogens is 1. The van der Waals surface area contributed by atoms with Crippen LogP contribution in [0.15, 0.2) is 42.6 Å². The quantitative estimate of drug-likeness (QED) is 0.877. The second kappa shape index (κ2) is 4.97. The predicted molar refractivity (Wildman–Crippen MR) is 68.1 cm³/mol. The minimum Gasteiger partial charge on any atom is -0.438 e. The van der Waals surface area contributed by atoms with Crippen molar-refractivity contribution in [2.24, 2.45) is 5.73 Å². The molecular formula is C14H16N2O. The van der Waals surface area contributed by atoms with E-state index in [0.717, 1.165) is 16.9 Å². The lowest BCUT2D eigenvalue weighted by Gasteiger charge is -2.13. The molecule has 0 aliphatic heterocycles. The highest BCUT2D eigenvalue weighted by Crippen LogP contribution is 2.27. The first-order valence-electron chi connectivity index (χ1n) is 5.62. The van der Waals surface area contributed by atoms with Crippen molar-refractivity contribution in [2.45, 2.75) is 19.9 Å². The second-order valence-electron chi connectivity index (χ2n) is 4.05. The topological polar surface area (TPSA) is 48.1 Å². The van der Waals surface area contributed by atoms with E-state index in [1.165, 1.54) is 0 Å². The molecule has 2 rings (SSSR count). The van der Waals surface area contributed by atoms with E-state index in [1.54, 1.807) is 6.20 Å². The lowest BCUT2D eigenvalue weighted by molar-refractivity contribution is 0.449. The van der Waals surface area contributed by atoms with Gasteiger partial charge in [-0.25, -0.2) is 4.98 Å². The van der Waals surface area contributed by atoms with Crippen LogP contribution in [0, 0.1) is 6.92 Å². The third-order valence-corrected chi connectivity index (χ3v) is 2.59. The minimum atomic E-state index is -0.0947. The van der Waals surface area contributed by atoms with E-state index >= 15 is 0 Å². The first-order valence-corrected chi connectivity index (χ1v) is 5.62. The molecule has 0 radical (unpaired) electrons. The number of para-hydroxylation sites is 1. The van der Waals surface area contributed by atoms with Crippen molar-refractivity contribution in [2.75, 3.05) is 0 Å². The molecule has 0 fully saturated rings. The number of pyridine rings is 1. The molecule has 3 nitrogen and oxygen atoms in total. The molecule has 3 heteroatoms. The van der Waals surface area contributed by atoms with Crippen LogP contribution in [0.2, 0.25) is 0 Å². The summed E-state index contributed by atoms with van der Waals surface area (Å²) in [6.07, 6.45) is 1.71. The second-order valence-corrected chi connectivity index (χ2v) is 4.05. The van der Waals surface area contributed by atoms with Crippen molar-refractivity contribution in [1.82, 2.24) is 4.98 Å². The standard InChI is InChI=1S/C14H16N2O/c1-10-6-3-4-8-13(10)17-14-12(11(2)15)7-5-9-16-14/h3-9,11H,15H2,1-2H3/t11-/m1/s1. The molecule has 0 saturated carbocycles. The van der Waals surface area contributed by atoms with Gasteiger partial charge in [-0.2, -0.15) is 0 Å². The summed E-state index contributed by atoms with van der Waals surface area (Å²) in [5.74, 6) is 1.39. The number of nitrogens with zero attached hydrogens (tertiary/aromatic N) is 1. The zero-order valence-electron chi connectivity index (χ0n) is 10.1. The maximum absolute atomic E-state index is 5.89. The Labute approximate surface area is 101 Å². The maximum Gasteiger partial charge on any atom is 0.223 e. The van der Waals surface area contributed by atoms with Gasteiger partial charge in [-0.1, -0.05) is 24.3 Å². The van der Waals surface area contributed by atoms with Gasteiger partial charge in [0.15, 0.2) is 0 Å². The average Bonchev–Trinajstić information content (AvgIpc) is 2.32. The molecule has 1 aromatic heterocycles. The van der Waals surface area contributed by atoms with Gasteiger partial charge < -0.3 is 10.5 Å². The zero-order valence-corrected chi connectivity index (χ0v) is 10.1. The third kappa shape index (κ3) is 2.63. The van der Waals surface area contributed by atoms with Gasteiger partial charge in [-0.3, -0.25) is 0 Å². The molecule has 0 spiro atoms. The highest BCUT2D eigenvalue weighted by atomic mass is 16.5. The number of ether oxygens (including phenoxy) is 1. The van der Waals surface area contributed by atoms with Crippen LogP contribution in [0.5, 0.6) is 11.6 Å². The number of hydrogen-bond acceptors (Lipinski definition) is 3. The summed E-state index contributed by atoms with van der Waals surface area (Å²) in [5.41, 5.74) is 7.88. The van der Waals surface area contributed by atoms with Crippen molar-refractivity contribution >= 4 is 0 Å². The molecular weight excluding hydrogens is 212 g/mol. The van der Waals surface area contributed by atoms with E-state index in [2.05, 4.69) is 4.98 Å². The van der Waals surface area contributed by atoms with Crippen LogP contribution in [-0.2, 0) is 0 Å². The largest absolute Gasteiger partial charge is 0.438 e. The Morgan fingerprint density at radius 2 is 1.94 bits per heavy atom. The molecule has 0 amide bonds. The van der Waals surface area contributed by atoms with Crippen LogP contribution in [0.4, 0.5) is 0 Å². The molecule has 1 heterocycles. The lowest BCUT2D eigenvalue weighted by Crippen LogP contribution is -2.07. The van der Waals surface area contributed by atoms with Gasteiger partial charge >= 0.3 is 0 Å². The molecule has 88 valence electrons. The normalized spacial score (nSPS) is 12.2. The van der Waals surface area contributed by atoms with Crippen molar-refractivity contribution in [3.63, 3.8) is 0 Å². The summed E-state index contributed by atoms with van der Waals surface area (Å²) in [6.45, 7) is 3.92. The fourth-order valence-corrected chi connectivity index (χ4v) is 1.61. The van der Waals surface area contributed by atoms with E-state index in [0.29, 0.717) is 5.88 Å².